The van der Waals surface area contributed by atoms with Crippen molar-refractivity contribution >= 4 is 11.9 Å². The monoisotopic (exact) mass is 327 g/mol. The Hall–Kier alpha value is -1.14. The maximum absolute atomic E-state index is 13.2. The minimum atomic E-state index is -0.862. The zero-order chi connectivity index (χ0) is 16.9. The van der Waals surface area contributed by atoms with Crippen LogP contribution in [0.25, 0.3) is 0 Å². The molecule has 0 aromatic carbocycles. The van der Waals surface area contributed by atoms with Crippen molar-refractivity contribution in [2.45, 2.75) is 64.0 Å². The van der Waals surface area contributed by atoms with Gasteiger partial charge in [0.05, 0.1) is 17.9 Å². The van der Waals surface area contributed by atoms with Gasteiger partial charge in [-0.2, -0.15) is 0 Å². The van der Waals surface area contributed by atoms with Gasteiger partial charge in [0, 0.05) is 32.9 Å². The van der Waals surface area contributed by atoms with E-state index >= 15 is 0 Å². The van der Waals surface area contributed by atoms with Gasteiger partial charge in [0.2, 0.25) is 5.91 Å². The first kappa shape index (κ1) is 18.2. The highest BCUT2D eigenvalue weighted by Gasteiger charge is 2.47. The Bertz CT molecular complexity index is 419. The van der Waals surface area contributed by atoms with Gasteiger partial charge in [-0.05, 0) is 32.6 Å². The Labute approximate surface area is 138 Å². The fraction of sp³-hybridized carbons (Fsp3) is 0.882. The van der Waals surface area contributed by atoms with E-state index < -0.39 is 5.97 Å². The number of amides is 1. The Kier molecular flexibility index (Phi) is 6.41. The number of carbonyl (C=O) groups is 2. The first-order valence-corrected chi connectivity index (χ1v) is 8.66. The largest absolute Gasteiger partial charge is 0.481 e. The number of hydrogen-bond acceptors (Lipinski definition) is 4. The Morgan fingerprint density at radius 3 is 2.57 bits per heavy atom. The maximum Gasteiger partial charge on any atom is 0.305 e. The zero-order valence-electron chi connectivity index (χ0n) is 14.3. The summed E-state index contributed by atoms with van der Waals surface area (Å²) in [5, 5.41) is 9.14. The van der Waals surface area contributed by atoms with Crippen LogP contribution in [0.3, 0.4) is 0 Å². The van der Waals surface area contributed by atoms with Crippen molar-refractivity contribution in [1.82, 2.24) is 4.90 Å². The summed E-state index contributed by atoms with van der Waals surface area (Å²) in [6.07, 6.45) is 5.15. The van der Waals surface area contributed by atoms with Crippen molar-refractivity contribution in [2.24, 2.45) is 5.41 Å². The van der Waals surface area contributed by atoms with Crippen molar-refractivity contribution in [3.05, 3.63) is 0 Å². The quantitative estimate of drug-likeness (QED) is 0.691. The van der Waals surface area contributed by atoms with Gasteiger partial charge in [0.15, 0.2) is 0 Å². The summed E-state index contributed by atoms with van der Waals surface area (Å²) < 4.78 is 10.9. The first-order valence-electron chi connectivity index (χ1n) is 8.66. The summed E-state index contributed by atoms with van der Waals surface area (Å²) in [5.74, 6) is -0.750. The molecular formula is C17H29NO5. The number of ether oxygens (including phenoxy) is 2. The second-order valence-corrected chi connectivity index (χ2v) is 6.74. The van der Waals surface area contributed by atoms with Crippen LogP contribution in [0.4, 0.5) is 0 Å². The molecule has 132 valence electrons. The molecule has 2 atom stereocenters. The lowest BCUT2D eigenvalue weighted by molar-refractivity contribution is -0.146. The van der Waals surface area contributed by atoms with Gasteiger partial charge in [-0.3, -0.25) is 9.59 Å². The summed E-state index contributed by atoms with van der Waals surface area (Å²) >= 11 is 0. The van der Waals surface area contributed by atoms with Crippen molar-refractivity contribution in [3.63, 3.8) is 0 Å². The minimum Gasteiger partial charge on any atom is -0.481 e. The Balaban J connectivity index is 2.11. The third-order valence-corrected chi connectivity index (χ3v) is 5.32. The van der Waals surface area contributed by atoms with Crippen LogP contribution in [-0.2, 0) is 19.1 Å². The molecule has 1 saturated heterocycles. The van der Waals surface area contributed by atoms with E-state index in [4.69, 9.17) is 14.6 Å². The lowest BCUT2D eigenvalue weighted by Crippen LogP contribution is -2.46. The van der Waals surface area contributed by atoms with Crippen molar-refractivity contribution in [3.8, 4) is 0 Å². The standard InChI is InChI=1S/C17H29NO5/c1-3-23-9-8-17(6-4-5-7-17)16(21)18-12-14(22-2)10-13(18)11-15(19)20/h13-14H,3-12H2,1-2H3,(H,19,20). The van der Waals surface area contributed by atoms with E-state index in [2.05, 4.69) is 0 Å². The average molecular weight is 327 g/mol. The molecule has 2 fully saturated rings. The number of methoxy groups -OCH3 is 1. The Morgan fingerprint density at radius 2 is 2.00 bits per heavy atom. The molecule has 0 aromatic rings. The molecule has 1 saturated carbocycles. The van der Waals surface area contributed by atoms with Crippen molar-refractivity contribution in [1.29, 1.82) is 0 Å². The van der Waals surface area contributed by atoms with Crippen LogP contribution in [0.5, 0.6) is 0 Å². The molecule has 1 aliphatic heterocycles. The molecule has 1 heterocycles. The number of carboxylic acid groups (broad SMARTS) is 1. The molecule has 0 spiro atoms. The van der Waals surface area contributed by atoms with Gasteiger partial charge in [-0.15, -0.1) is 0 Å². The van der Waals surface area contributed by atoms with Crippen LogP contribution in [-0.4, -0.2) is 60.9 Å². The number of rotatable bonds is 8. The third kappa shape index (κ3) is 4.23. The third-order valence-electron chi connectivity index (χ3n) is 5.32. The predicted octanol–water partition coefficient (Wildman–Crippen LogP) is 2.06. The van der Waals surface area contributed by atoms with E-state index in [-0.39, 0.29) is 29.9 Å². The van der Waals surface area contributed by atoms with Gasteiger partial charge < -0.3 is 19.5 Å². The van der Waals surface area contributed by atoms with Gasteiger partial charge in [0.1, 0.15) is 0 Å². The SMILES string of the molecule is CCOCCC1(C(=O)N2CC(OC)CC2CC(=O)O)CCCC1. The van der Waals surface area contributed by atoms with Crippen LogP contribution in [0.15, 0.2) is 0 Å². The van der Waals surface area contributed by atoms with Crippen LogP contribution in [0.2, 0.25) is 0 Å². The van der Waals surface area contributed by atoms with E-state index in [0.717, 1.165) is 32.1 Å². The van der Waals surface area contributed by atoms with Gasteiger partial charge in [-0.1, -0.05) is 12.8 Å². The molecule has 1 aliphatic carbocycles. The highest BCUT2D eigenvalue weighted by Crippen LogP contribution is 2.44. The van der Waals surface area contributed by atoms with E-state index in [1.165, 1.54) is 0 Å². The molecular weight excluding hydrogens is 298 g/mol. The van der Waals surface area contributed by atoms with Crippen LogP contribution < -0.4 is 0 Å². The summed E-state index contributed by atoms with van der Waals surface area (Å²) in [6.45, 7) is 3.70. The maximum atomic E-state index is 13.2. The first-order chi connectivity index (χ1) is 11.0. The minimum absolute atomic E-state index is 0.00681. The average Bonchev–Trinajstić information content (AvgIpc) is 3.14. The Morgan fingerprint density at radius 1 is 1.30 bits per heavy atom. The van der Waals surface area contributed by atoms with E-state index in [1.807, 2.05) is 6.92 Å². The van der Waals surface area contributed by atoms with E-state index in [9.17, 15) is 9.59 Å². The number of hydrogen-bond donors (Lipinski definition) is 1. The van der Waals surface area contributed by atoms with Crippen LogP contribution in [0, 0.1) is 5.41 Å². The molecule has 6 nitrogen and oxygen atoms in total. The molecule has 0 bridgehead atoms. The number of carbonyl (C=O) groups excluding carboxylic acids is 1. The van der Waals surface area contributed by atoms with Crippen LogP contribution >= 0.6 is 0 Å². The second-order valence-electron chi connectivity index (χ2n) is 6.74. The topological polar surface area (TPSA) is 76.1 Å². The molecule has 2 aliphatic rings. The molecule has 1 N–H and O–H groups in total. The molecule has 0 aromatic heterocycles. The molecule has 2 rings (SSSR count). The van der Waals surface area contributed by atoms with Crippen molar-refractivity contribution in [2.75, 3.05) is 26.9 Å². The molecule has 6 heteroatoms. The summed E-state index contributed by atoms with van der Waals surface area (Å²) in [4.78, 5) is 26.1. The summed E-state index contributed by atoms with van der Waals surface area (Å²) in [5.41, 5.74) is -0.367. The second kappa shape index (κ2) is 8.11. The number of likely N-dealkylation sites (tertiary alicyclic amines) is 1. The van der Waals surface area contributed by atoms with E-state index in [1.54, 1.807) is 12.0 Å². The normalized spacial score (nSPS) is 26.6. The number of aliphatic carboxylic acids is 1. The number of nitrogens with zero attached hydrogens (tertiary/aromatic N) is 1. The van der Waals surface area contributed by atoms with Crippen LogP contribution in [0.1, 0.15) is 51.9 Å². The fourth-order valence-corrected chi connectivity index (χ4v) is 4.03. The highest BCUT2D eigenvalue weighted by molar-refractivity contribution is 5.84. The molecule has 1 amide bonds. The molecule has 0 radical (unpaired) electrons. The zero-order valence-corrected chi connectivity index (χ0v) is 14.3. The van der Waals surface area contributed by atoms with Gasteiger partial charge in [0.25, 0.3) is 0 Å². The smallest absolute Gasteiger partial charge is 0.305 e. The highest BCUT2D eigenvalue weighted by atomic mass is 16.5. The summed E-state index contributed by atoms with van der Waals surface area (Å²) in [7, 11) is 1.62. The summed E-state index contributed by atoms with van der Waals surface area (Å²) in [6, 6.07) is -0.255. The predicted molar refractivity (Wildman–Crippen MR) is 85.2 cm³/mol. The fourth-order valence-electron chi connectivity index (χ4n) is 4.03. The lowest BCUT2D eigenvalue weighted by atomic mass is 9.81. The lowest BCUT2D eigenvalue weighted by Gasteiger charge is -2.35. The van der Waals surface area contributed by atoms with E-state index in [0.29, 0.717) is 26.2 Å². The molecule has 2 unspecified atom stereocenters. The van der Waals surface area contributed by atoms with Crippen molar-refractivity contribution < 1.29 is 24.2 Å². The number of carboxylic acids is 1. The molecule has 23 heavy (non-hydrogen) atoms. The van der Waals surface area contributed by atoms with Gasteiger partial charge in [-0.25, -0.2) is 0 Å². The van der Waals surface area contributed by atoms with Gasteiger partial charge >= 0.3 is 5.97 Å².